The maximum absolute atomic E-state index is 9.92. The molecule has 21 heavy (non-hydrogen) atoms. The highest BCUT2D eigenvalue weighted by atomic mass is 16.5. The van der Waals surface area contributed by atoms with Gasteiger partial charge in [0.15, 0.2) is 0 Å². The lowest BCUT2D eigenvalue weighted by Gasteiger charge is -2.21. The molecule has 0 aromatic heterocycles. The molecular formula is C18H29NO2. The van der Waals surface area contributed by atoms with Gasteiger partial charge in [-0.2, -0.15) is 0 Å². The van der Waals surface area contributed by atoms with E-state index in [4.69, 9.17) is 4.74 Å². The first-order chi connectivity index (χ1) is 9.97. The zero-order valence-corrected chi connectivity index (χ0v) is 13.8. The molecule has 2 unspecified atom stereocenters. The van der Waals surface area contributed by atoms with Gasteiger partial charge in [0.2, 0.25) is 0 Å². The zero-order chi connectivity index (χ0) is 15.4. The molecule has 0 heterocycles. The third kappa shape index (κ3) is 4.45. The first-order valence-corrected chi connectivity index (χ1v) is 8.13. The van der Waals surface area contributed by atoms with E-state index in [1.165, 1.54) is 5.56 Å². The van der Waals surface area contributed by atoms with Crippen LogP contribution in [0.4, 0.5) is 0 Å². The van der Waals surface area contributed by atoms with Gasteiger partial charge in [0.1, 0.15) is 11.9 Å². The number of benzene rings is 1. The van der Waals surface area contributed by atoms with E-state index >= 15 is 0 Å². The average Bonchev–Trinajstić information content (AvgIpc) is 2.79. The Morgan fingerprint density at radius 1 is 1.24 bits per heavy atom. The summed E-state index contributed by atoms with van der Waals surface area (Å²) in [5, 5.41) is 13.4. The fraction of sp³-hybridized carbons (Fsp3) is 0.667. The van der Waals surface area contributed by atoms with Crippen LogP contribution in [0.2, 0.25) is 0 Å². The summed E-state index contributed by atoms with van der Waals surface area (Å²) < 4.78 is 6.08. The van der Waals surface area contributed by atoms with E-state index in [2.05, 4.69) is 45.1 Å². The lowest BCUT2D eigenvalue weighted by molar-refractivity contribution is 0.0595. The number of aliphatic hydroxyl groups excluding tert-OH is 1. The minimum absolute atomic E-state index is 0.0349. The number of nitrogens with one attached hydrogen (secondary N) is 1. The van der Waals surface area contributed by atoms with Crippen LogP contribution >= 0.6 is 0 Å². The van der Waals surface area contributed by atoms with Crippen LogP contribution in [0, 0.1) is 19.8 Å². The molecule has 1 aliphatic rings. The van der Waals surface area contributed by atoms with E-state index in [1.54, 1.807) is 0 Å². The number of aliphatic hydroxyl groups is 1. The summed E-state index contributed by atoms with van der Waals surface area (Å²) in [6.45, 7) is 10.5. The van der Waals surface area contributed by atoms with Crippen molar-refractivity contribution in [2.24, 2.45) is 5.92 Å². The van der Waals surface area contributed by atoms with Gasteiger partial charge in [-0.25, -0.2) is 0 Å². The minimum atomic E-state index is -0.309. The number of hydrogen-bond acceptors (Lipinski definition) is 3. The van der Waals surface area contributed by atoms with E-state index < -0.39 is 0 Å². The number of aryl methyl sites for hydroxylation is 2. The van der Waals surface area contributed by atoms with Crippen LogP contribution in [-0.2, 0) is 6.54 Å². The summed E-state index contributed by atoms with van der Waals surface area (Å²) in [4.78, 5) is 0. The van der Waals surface area contributed by atoms with Crippen molar-refractivity contribution < 1.29 is 9.84 Å². The molecule has 0 bridgehead atoms. The predicted octanol–water partition coefficient (Wildman–Crippen LogP) is 3.34. The molecule has 0 aliphatic heterocycles. The highest BCUT2D eigenvalue weighted by Gasteiger charge is 2.27. The van der Waals surface area contributed by atoms with Crippen LogP contribution in [0.15, 0.2) is 12.1 Å². The Hall–Kier alpha value is -1.06. The molecule has 1 aromatic carbocycles. The van der Waals surface area contributed by atoms with Crippen LogP contribution in [0.25, 0.3) is 0 Å². The van der Waals surface area contributed by atoms with Crippen molar-refractivity contribution in [1.82, 2.24) is 5.32 Å². The molecule has 0 amide bonds. The lowest BCUT2D eigenvalue weighted by atomic mass is 10.0. The molecule has 1 fully saturated rings. The molecule has 1 aliphatic carbocycles. The molecular weight excluding hydrogens is 262 g/mol. The summed E-state index contributed by atoms with van der Waals surface area (Å²) in [5.41, 5.74) is 3.62. The van der Waals surface area contributed by atoms with Crippen LogP contribution in [-0.4, -0.2) is 23.9 Å². The molecule has 1 aromatic rings. The molecule has 0 radical (unpaired) electrons. The van der Waals surface area contributed by atoms with E-state index in [0.717, 1.165) is 49.2 Å². The predicted molar refractivity (Wildman–Crippen MR) is 86.7 cm³/mol. The second-order valence-corrected chi connectivity index (χ2v) is 6.74. The van der Waals surface area contributed by atoms with E-state index in [1.807, 2.05) is 0 Å². The minimum Gasteiger partial charge on any atom is -0.487 e. The monoisotopic (exact) mass is 291 g/mol. The van der Waals surface area contributed by atoms with Crippen LogP contribution in [0.3, 0.4) is 0 Å². The molecule has 3 heteroatoms. The van der Waals surface area contributed by atoms with Crippen LogP contribution < -0.4 is 10.1 Å². The average molecular weight is 291 g/mol. The maximum Gasteiger partial charge on any atom is 0.125 e. The van der Waals surface area contributed by atoms with Crippen LogP contribution in [0.5, 0.6) is 5.75 Å². The Kier molecular flexibility index (Phi) is 5.65. The molecule has 0 saturated heterocycles. The van der Waals surface area contributed by atoms with Gasteiger partial charge in [-0.05, 0) is 62.3 Å². The summed E-state index contributed by atoms with van der Waals surface area (Å²) in [7, 11) is 0. The van der Waals surface area contributed by atoms with Gasteiger partial charge in [0.25, 0.3) is 0 Å². The molecule has 1 saturated carbocycles. The Balaban J connectivity index is 2.02. The summed E-state index contributed by atoms with van der Waals surface area (Å²) in [6.07, 6.45) is 2.53. The summed E-state index contributed by atoms with van der Waals surface area (Å²) >= 11 is 0. The van der Waals surface area contributed by atoms with E-state index in [9.17, 15) is 5.11 Å². The largest absolute Gasteiger partial charge is 0.487 e. The van der Waals surface area contributed by atoms with Gasteiger partial charge in [0, 0.05) is 6.54 Å². The topological polar surface area (TPSA) is 41.5 Å². The smallest absolute Gasteiger partial charge is 0.125 e. The SMILES string of the molecule is Cc1cc(CNCC(C)C)cc(C)c1OC1CCCC1O. The molecule has 2 atom stereocenters. The number of ether oxygens (including phenoxy) is 1. The van der Waals surface area contributed by atoms with E-state index in [-0.39, 0.29) is 12.2 Å². The second kappa shape index (κ2) is 7.28. The fourth-order valence-electron chi connectivity index (χ4n) is 3.03. The van der Waals surface area contributed by atoms with Crippen molar-refractivity contribution in [2.45, 2.75) is 65.7 Å². The van der Waals surface area contributed by atoms with Crippen molar-refractivity contribution in [3.05, 3.63) is 28.8 Å². The Labute approximate surface area is 128 Å². The molecule has 0 spiro atoms. The van der Waals surface area contributed by atoms with Gasteiger partial charge in [-0.3, -0.25) is 0 Å². The normalized spacial score (nSPS) is 22.0. The third-order valence-corrected chi connectivity index (χ3v) is 4.09. The summed E-state index contributed by atoms with van der Waals surface area (Å²) in [5.74, 6) is 1.62. The Bertz CT molecular complexity index is 447. The van der Waals surface area contributed by atoms with Crippen molar-refractivity contribution in [2.75, 3.05) is 6.54 Å². The van der Waals surface area contributed by atoms with Gasteiger partial charge in [0.05, 0.1) is 6.10 Å². The second-order valence-electron chi connectivity index (χ2n) is 6.74. The fourth-order valence-corrected chi connectivity index (χ4v) is 3.03. The van der Waals surface area contributed by atoms with Gasteiger partial charge in [-0.15, -0.1) is 0 Å². The van der Waals surface area contributed by atoms with Crippen molar-refractivity contribution in [1.29, 1.82) is 0 Å². The quantitative estimate of drug-likeness (QED) is 0.844. The van der Waals surface area contributed by atoms with Crippen LogP contribution in [0.1, 0.15) is 49.8 Å². The number of hydrogen-bond donors (Lipinski definition) is 2. The first-order valence-electron chi connectivity index (χ1n) is 8.13. The molecule has 2 rings (SSSR count). The molecule has 3 nitrogen and oxygen atoms in total. The van der Waals surface area contributed by atoms with Gasteiger partial charge < -0.3 is 15.2 Å². The molecule has 2 N–H and O–H groups in total. The zero-order valence-electron chi connectivity index (χ0n) is 13.8. The number of rotatable bonds is 6. The van der Waals surface area contributed by atoms with Crippen molar-refractivity contribution in [3.63, 3.8) is 0 Å². The highest BCUT2D eigenvalue weighted by Crippen LogP contribution is 2.30. The maximum atomic E-state index is 9.92. The van der Waals surface area contributed by atoms with Crippen molar-refractivity contribution in [3.8, 4) is 5.75 Å². The standard InChI is InChI=1S/C18H29NO2/c1-12(2)10-19-11-15-8-13(3)18(14(4)9-15)21-17-7-5-6-16(17)20/h8-9,12,16-17,19-20H,5-7,10-11H2,1-4H3. The third-order valence-electron chi connectivity index (χ3n) is 4.09. The Morgan fingerprint density at radius 2 is 1.90 bits per heavy atom. The molecule has 118 valence electrons. The highest BCUT2D eigenvalue weighted by molar-refractivity contribution is 5.43. The van der Waals surface area contributed by atoms with Crippen molar-refractivity contribution >= 4 is 0 Å². The van der Waals surface area contributed by atoms with Gasteiger partial charge >= 0.3 is 0 Å². The Morgan fingerprint density at radius 3 is 2.43 bits per heavy atom. The van der Waals surface area contributed by atoms with E-state index in [0.29, 0.717) is 5.92 Å². The first kappa shape index (κ1) is 16.3. The summed E-state index contributed by atoms with van der Waals surface area (Å²) in [6, 6.07) is 4.38. The van der Waals surface area contributed by atoms with Gasteiger partial charge in [-0.1, -0.05) is 26.0 Å². The lowest BCUT2D eigenvalue weighted by Crippen LogP contribution is -2.26.